The maximum absolute atomic E-state index is 5.81. The fourth-order valence-corrected chi connectivity index (χ4v) is 15.5. The molecular formula is C21H34N2P2Si. The Hall–Kier alpha value is -0.883. The zero-order valence-electron chi connectivity index (χ0n) is 17.2. The second kappa shape index (κ2) is 8.87. The minimum absolute atomic E-state index is 1.17. The number of rotatable bonds is 7. The molecule has 2 nitrogen and oxygen atoms in total. The van der Waals surface area contributed by atoms with Crippen molar-refractivity contribution < 1.29 is 0 Å². The molecule has 0 bridgehead atoms. The molecule has 2 aromatic carbocycles. The third kappa shape index (κ3) is 4.88. The van der Waals surface area contributed by atoms with Gasteiger partial charge >= 0.3 is 0 Å². The highest BCUT2D eigenvalue weighted by Crippen LogP contribution is 2.62. The van der Waals surface area contributed by atoms with Crippen LogP contribution in [0.1, 0.15) is 20.8 Å². The smallest absolute Gasteiger partial charge is 0.173 e. The van der Waals surface area contributed by atoms with Crippen LogP contribution in [-0.4, -0.2) is 26.7 Å². The van der Waals surface area contributed by atoms with E-state index in [9.17, 15) is 0 Å². The van der Waals surface area contributed by atoms with Gasteiger partial charge < -0.3 is 4.41 Å². The predicted molar refractivity (Wildman–Crippen MR) is 126 cm³/mol. The normalized spacial score (nSPS) is 12.7. The van der Waals surface area contributed by atoms with Crippen LogP contribution < -0.4 is 10.6 Å². The minimum Gasteiger partial charge on any atom is -0.311 e. The Morgan fingerprint density at radius 2 is 1.08 bits per heavy atom. The summed E-state index contributed by atoms with van der Waals surface area (Å²) in [5.41, 5.74) is 0. The molecular weight excluding hydrogens is 370 g/mol. The predicted octanol–water partition coefficient (Wildman–Crippen LogP) is 6.85. The van der Waals surface area contributed by atoms with E-state index < -0.39 is 22.5 Å². The van der Waals surface area contributed by atoms with Gasteiger partial charge in [0.05, 0.1) is 0 Å². The standard InChI is InChI=1S/C21H34N2P2Si/c1-7-24(8-2,9-3)22-25(23-26(4,5)6,20-16-12-10-13-17-20)21-18-14-11-15-19-21/h10-19H,7-9H2,1-6H3. The second-order valence-corrected chi connectivity index (χ2v) is 19.9. The van der Waals surface area contributed by atoms with Crippen LogP contribution in [0, 0.1) is 0 Å². The number of hydrogen-bond donors (Lipinski definition) is 0. The molecule has 0 amide bonds. The number of hydrogen-bond acceptors (Lipinski definition) is 1. The summed E-state index contributed by atoms with van der Waals surface area (Å²) in [6.07, 6.45) is 3.51. The van der Waals surface area contributed by atoms with Crippen molar-refractivity contribution in [3.05, 3.63) is 60.7 Å². The summed E-state index contributed by atoms with van der Waals surface area (Å²) in [5.74, 6) is 0. The molecule has 0 saturated carbocycles. The van der Waals surface area contributed by atoms with Gasteiger partial charge in [-0.3, -0.25) is 4.52 Å². The van der Waals surface area contributed by atoms with E-state index in [2.05, 4.69) is 101 Å². The van der Waals surface area contributed by atoms with E-state index in [0.717, 1.165) is 0 Å². The van der Waals surface area contributed by atoms with Gasteiger partial charge in [0.1, 0.15) is 7.21 Å². The molecule has 0 aliphatic carbocycles. The fraction of sp³-hybridized carbons (Fsp3) is 0.429. The lowest BCUT2D eigenvalue weighted by atomic mass is 10.4. The second-order valence-electron chi connectivity index (χ2n) is 7.68. The summed E-state index contributed by atoms with van der Waals surface area (Å²) in [6.45, 7) is 14.0. The Morgan fingerprint density at radius 3 is 1.38 bits per heavy atom. The summed E-state index contributed by atoms with van der Waals surface area (Å²) >= 11 is 0. The maximum Gasteiger partial charge on any atom is 0.173 e. The van der Waals surface area contributed by atoms with Gasteiger partial charge in [-0.1, -0.05) is 81.4 Å². The molecule has 0 aliphatic rings. The van der Waals surface area contributed by atoms with Crippen molar-refractivity contribution in [3.63, 3.8) is 0 Å². The van der Waals surface area contributed by atoms with Crippen molar-refractivity contribution in [3.8, 4) is 0 Å². The van der Waals surface area contributed by atoms with E-state index in [1.54, 1.807) is 0 Å². The van der Waals surface area contributed by atoms with Crippen LogP contribution in [0.3, 0.4) is 0 Å². The van der Waals surface area contributed by atoms with Crippen LogP contribution in [0.2, 0.25) is 19.6 Å². The van der Waals surface area contributed by atoms with Gasteiger partial charge in [-0.25, -0.2) is 0 Å². The topological polar surface area (TPSA) is 24.7 Å². The monoisotopic (exact) mass is 404 g/mol. The molecule has 0 fully saturated rings. The third-order valence-corrected chi connectivity index (χ3v) is 16.4. The number of nitrogens with zero attached hydrogens (tertiary/aromatic N) is 2. The first kappa shape index (κ1) is 21.4. The Bertz CT molecular complexity index is 746. The summed E-state index contributed by atoms with van der Waals surface area (Å²) in [5, 5.41) is 2.63. The van der Waals surface area contributed by atoms with Crippen molar-refractivity contribution in [2.24, 2.45) is 8.93 Å². The molecule has 2 rings (SSSR count). The lowest BCUT2D eigenvalue weighted by Gasteiger charge is -2.31. The van der Waals surface area contributed by atoms with E-state index in [-0.39, 0.29) is 0 Å². The maximum atomic E-state index is 5.81. The van der Waals surface area contributed by atoms with E-state index in [1.165, 1.54) is 29.1 Å². The number of benzene rings is 2. The minimum atomic E-state index is -2.13. The average molecular weight is 405 g/mol. The molecule has 0 atom stereocenters. The molecule has 0 saturated heterocycles. The van der Waals surface area contributed by atoms with Crippen molar-refractivity contribution in [2.75, 3.05) is 18.5 Å². The van der Waals surface area contributed by atoms with Gasteiger partial charge in [-0.15, -0.1) is 0 Å². The van der Waals surface area contributed by atoms with Crippen LogP contribution >= 0.6 is 14.3 Å². The molecule has 0 heterocycles. The van der Waals surface area contributed by atoms with Crippen molar-refractivity contribution >= 4 is 33.1 Å². The lowest BCUT2D eigenvalue weighted by Crippen LogP contribution is -2.23. The molecule has 0 spiro atoms. The van der Waals surface area contributed by atoms with E-state index in [1.807, 2.05) is 0 Å². The first-order valence-electron chi connectivity index (χ1n) is 9.66. The van der Waals surface area contributed by atoms with Gasteiger partial charge in [-0.05, 0) is 45.2 Å². The van der Waals surface area contributed by atoms with Crippen LogP contribution in [0.4, 0.5) is 0 Å². The van der Waals surface area contributed by atoms with Gasteiger partial charge in [0.25, 0.3) is 0 Å². The molecule has 0 aliphatic heterocycles. The van der Waals surface area contributed by atoms with Crippen LogP contribution in [0.25, 0.3) is 0 Å². The summed E-state index contributed by atoms with van der Waals surface area (Å²) in [6, 6.07) is 21.8. The highest BCUT2D eigenvalue weighted by molar-refractivity contribution is 7.86. The Kier molecular flexibility index (Phi) is 7.31. The van der Waals surface area contributed by atoms with Crippen LogP contribution in [0.5, 0.6) is 0 Å². The van der Waals surface area contributed by atoms with Gasteiger partial charge in [0.2, 0.25) is 0 Å². The fourth-order valence-electron chi connectivity index (χ4n) is 3.23. The van der Waals surface area contributed by atoms with E-state index >= 15 is 0 Å². The molecule has 0 radical (unpaired) electrons. The van der Waals surface area contributed by atoms with Crippen molar-refractivity contribution in [2.45, 2.75) is 40.4 Å². The van der Waals surface area contributed by atoms with Crippen LogP contribution in [-0.2, 0) is 0 Å². The quantitative estimate of drug-likeness (QED) is 0.356. The van der Waals surface area contributed by atoms with Gasteiger partial charge in [0.15, 0.2) is 8.24 Å². The largest absolute Gasteiger partial charge is 0.311 e. The van der Waals surface area contributed by atoms with Crippen molar-refractivity contribution in [1.29, 1.82) is 0 Å². The third-order valence-electron chi connectivity index (χ3n) is 4.76. The first-order chi connectivity index (χ1) is 12.3. The Balaban J connectivity index is 3.01. The van der Waals surface area contributed by atoms with Gasteiger partial charge in [-0.2, -0.15) is 0 Å². The van der Waals surface area contributed by atoms with Crippen molar-refractivity contribution in [1.82, 2.24) is 0 Å². The average Bonchev–Trinajstić information content (AvgIpc) is 2.66. The molecule has 5 heteroatoms. The van der Waals surface area contributed by atoms with Crippen LogP contribution in [0.15, 0.2) is 69.6 Å². The molecule has 2 aromatic rings. The van der Waals surface area contributed by atoms with E-state index in [4.69, 9.17) is 8.93 Å². The summed E-state index contributed by atoms with van der Waals surface area (Å²) in [4.78, 5) is 0. The Morgan fingerprint density at radius 1 is 0.692 bits per heavy atom. The van der Waals surface area contributed by atoms with Gasteiger partial charge in [0, 0.05) is 10.6 Å². The molecule has 0 N–H and O–H groups in total. The molecule has 26 heavy (non-hydrogen) atoms. The molecule has 142 valence electrons. The first-order valence-corrected chi connectivity index (χ1v) is 17.1. The Labute approximate surface area is 161 Å². The highest BCUT2D eigenvalue weighted by atomic mass is 31.2. The summed E-state index contributed by atoms with van der Waals surface area (Å²) in [7, 11) is -5.20. The highest BCUT2D eigenvalue weighted by Gasteiger charge is 2.30. The SMILES string of the molecule is CCP(CC)(CC)=NP(=N[Si](C)(C)C)(c1ccccc1)c1ccccc1. The zero-order chi connectivity index (χ0) is 19.3. The van der Waals surface area contributed by atoms with E-state index in [0.29, 0.717) is 0 Å². The molecule has 0 unspecified atom stereocenters. The summed E-state index contributed by atoms with van der Waals surface area (Å²) < 4.78 is 11.4. The molecule has 0 aromatic heterocycles. The lowest BCUT2D eigenvalue weighted by molar-refractivity contribution is 1.31. The zero-order valence-corrected chi connectivity index (χ0v) is 20.0.